The Kier molecular flexibility index (Phi) is 1.83. The molecule has 0 N–H and O–H groups in total. The maximum atomic E-state index is 10.4. The third-order valence-corrected chi connectivity index (χ3v) is 2.92. The van der Waals surface area contributed by atoms with Gasteiger partial charge in [0.1, 0.15) is 5.75 Å². The largest absolute Gasteiger partial charge is 0.407 e. The molecule has 1 aliphatic carbocycles. The Balaban J connectivity index is 2.20. The summed E-state index contributed by atoms with van der Waals surface area (Å²) in [6, 6.07) is 13.9. The highest BCUT2D eigenvalue weighted by molar-refractivity contribution is 7.17. The maximum absolute atomic E-state index is 10.4. The molecule has 2 aromatic carbocycles. The van der Waals surface area contributed by atoms with E-state index in [2.05, 4.69) is 6.07 Å². The van der Waals surface area contributed by atoms with Gasteiger partial charge in [0.05, 0.1) is 0 Å². The lowest BCUT2D eigenvalue weighted by molar-refractivity contribution is 0.526. The van der Waals surface area contributed by atoms with Crippen molar-refractivity contribution in [3.05, 3.63) is 42.5 Å². The molecule has 2 nitrogen and oxygen atoms in total. The zero-order valence-corrected chi connectivity index (χ0v) is 8.70. The van der Waals surface area contributed by atoms with Crippen LogP contribution in [0.15, 0.2) is 42.5 Å². The van der Waals surface area contributed by atoms with E-state index in [0.29, 0.717) is 5.75 Å². The average molecular weight is 214 g/mol. The van der Waals surface area contributed by atoms with E-state index >= 15 is 0 Å². The van der Waals surface area contributed by atoms with Gasteiger partial charge in [-0.3, -0.25) is 0 Å². The lowest BCUT2D eigenvalue weighted by Gasteiger charge is -2.24. The monoisotopic (exact) mass is 214 g/mol. The number of fused-ring (bicyclic) bond motifs is 4. The molecule has 2 aromatic rings. The van der Waals surface area contributed by atoms with Crippen LogP contribution < -0.4 is 4.52 Å². The van der Waals surface area contributed by atoms with Gasteiger partial charge >= 0.3 is 8.69 Å². The summed E-state index contributed by atoms with van der Waals surface area (Å²) >= 11 is 0. The van der Waals surface area contributed by atoms with Crippen LogP contribution in [0.5, 0.6) is 5.75 Å². The van der Waals surface area contributed by atoms with E-state index in [9.17, 15) is 4.57 Å². The van der Waals surface area contributed by atoms with Crippen molar-refractivity contribution in [1.29, 1.82) is 0 Å². The van der Waals surface area contributed by atoms with Crippen molar-refractivity contribution in [3.8, 4) is 28.0 Å². The molecule has 0 unspecified atom stereocenters. The standard InChI is InChI=1S/C12H7O2P/c13-15-14-11-7-3-6-10-8-4-1-2-5-9(8)12(10)11/h1-7H. The molecule has 3 rings (SSSR count). The van der Waals surface area contributed by atoms with Crippen molar-refractivity contribution in [1.82, 2.24) is 0 Å². The fourth-order valence-corrected chi connectivity index (χ4v) is 2.26. The molecule has 0 spiro atoms. The van der Waals surface area contributed by atoms with Gasteiger partial charge in [-0.15, -0.1) is 0 Å². The van der Waals surface area contributed by atoms with Crippen LogP contribution in [0.4, 0.5) is 0 Å². The summed E-state index contributed by atoms with van der Waals surface area (Å²) in [5.41, 5.74) is 4.65. The first-order chi connectivity index (χ1) is 7.42. The molecule has 15 heavy (non-hydrogen) atoms. The van der Waals surface area contributed by atoms with E-state index in [0.717, 1.165) is 5.56 Å². The highest BCUT2D eigenvalue weighted by Crippen LogP contribution is 2.51. The smallest absolute Gasteiger partial charge is 0.395 e. The van der Waals surface area contributed by atoms with Crippen LogP contribution in [0.3, 0.4) is 0 Å². The van der Waals surface area contributed by atoms with Crippen LogP contribution in [0, 0.1) is 0 Å². The van der Waals surface area contributed by atoms with Crippen LogP contribution in [0.1, 0.15) is 0 Å². The van der Waals surface area contributed by atoms with Crippen molar-refractivity contribution < 1.29 is 9.09 Å². The van der Waals surface area contributed by atoms with E-state index < -0.39 is 0 Å². The van der Waals surface area contributed by atoms with Crippen molar-refractivity contribution in [3.63, 3.8) is 0 Å². The van der Waals surface area contributed by atoms with Crippen molar-refractivity contribution >= 4 is 8.69 Å². The first-order valence-electron chi connectivity index (χ1n) is 4.64. The van der Waals surface area contributed by atoms with Gasteiger partial charge in [0.25, 0.3) is 0 Å². The quantitative estimate of drug-likeness (QED) is 0.604. The summed E-state index contributed by atoms with van der Waals surface area (Å²) < 4.78 is 15.5. The topological polar surface area (TPSA) is 26.3 Å². The molecule has 0 saturated carbocycles. The molecule has 0 atom stereocenters. The zero-order valence-electron chi connectivity index (χ0n) is 7.81. The fourth-order valence-electron chi connectivity index (χ4n) is 2.02. The Bertz CT molecular complexity index is 549. The van der Waals surface area contributed by atoms with E-state index in [1.807, 2.05) is 36.4 Å². The molecule has 0 heterocycles. The number of benzene rings is 2. The van der Waals surface area contributed by atoms with Crippen LogP contribution in [0.25, 0.3) is 22.3 Å². The van der Waals surface area contributed by atoms with Gasteiger partial charge < -0.3 is 4.52 Å². The summed E-state index contributed by atoms with van der Waals surface area (Å²) in [6.45, 7) is 0. The minimum atomic E-state index is -0.307. The van der Waals surface area contributed by atoms with Gasteiger partial charge in [-0.25, -0.2) is 4.57 Å². The minimum absolute atomic E-state index is 0.307. The van der Waals surface area contributed by atoms with Gasteiger partial charge in [0.15, 0.2) is 0 Å². The van der Waals surface area contributed by atoms with Crippen LogP contribution in [-0.4, -0.2) is 0 Å². The van der Waals surface area contributed by atoms with Gasteiger partial charge in [0.2, 0.25) is 0 Å². The minimum Gasteiger partial charge on any atom is -0.407 e. The Hall–Kier alpha value is -1.66. The van der Waals surface area contributed by atoms with Gasteiger partial charge in [-0.2, -0.15) is 0 Å². The molecule has 0 bridgehead atoms. The summed E-state index contributed by atoms with van der Waals surface area (Å²) in [6.07, 6.45) is 0. The Morgan fingerprint density at radius 2 is 1.60 bits per heavy atom. The van der Waals surface area contributed by atoms with E-state index in [4.69, 9.17) is 4.52 Å². The second kappa shape index (κ2) is 3.18. The summed E-state index contributed by atoms with van der Waals surface area (Å²) in [7, 11) is -0.307. The third kappa shape index (κ3) is 1.12. The maximum Gasteiger partial charge on any atom is 0.395 e. The lowest BCUT2D eigenvalue weighted by Crippen LogP contribution is -1.99. The van der Waals surface area contributed by atoms with Crippen molar-refractivity contribution in [2.45, 2.75) is 0 Å². The Morgan fingerprint density at radius 3 is 2.40 bits per heavy atom. The molecule has 3 heteroatoms. The van der Waals surface area contributed by atoms with E-state index in [-0.39, 0.29) is 8.69 Å². The van der Waals surface area contributed by atoms with Gasteiger partial charge in [0, 0.05) is 5.56 Å². The van der Waals surface area contributed by atoms with Gasteiger partial charge in [-0.1, -0.05) is 36.4 Å². The number of hydrogen-bond donors (Lipinski definition) is 0. The average Bonchev–Trinajstić information content (AvgIpc) is 2.26. The first kappa shape index (κ1) is 8.63. The fraction of sp³-hybridized carbons (Fsp3) is 0. The van der Waals surface area contributed by atoms with E-state index in [1.165, 1.54) is 16.7 Å². The predicted octanol–water partition coefficient (Wildman–Crippen LogP) is 3.92. The summed E-state index contributed by atoms with van der Waals surface area (Å²) in [4.78, 5) is 0. The van der Waals surface area contributed by atoms with Gasteiger partial charge in [-0.05, 0) is 22.8 Å². The molecule has 0 amide bonds. The lowest BCUT2D eigenvalue weighted by atomic mass is 9.80. The van der Waals surface area contributed by atoms with Crippen LogP contribution >= 0.6 is 8.69 Å². The molecule has 72 valence electrons. The molecule has 0 radical (unpaired) electrons. The highest BCUT2D eigenvalue weighted by atomic mass is 31.1. The second-order valence-corrected chi connectivity index (χ2v) is 3.72. The molecule has 1 aliphatic rings. The molecular formula is C12H7O2P. The highest BCUT2D eigenvalue weighted by Gasteiger charge is 2.25. The normalized spacial score (nSPS) is 11.5. The molecule has 0 saturated heterocycles. The summed E-state index contributed by atoms with van der Waals surface area (Å²) in [5, 5.41) is 0. The first-order valence-corrected chi connectivity index (χ1v) is 5.37. The number of rotatable bonds is 2. The predicted molar refractivity (Wildman–Crippen MR) is 59.1 cm³/mol. The zero-order chi connectivity index (χ0) is 10.3. The van der Waals surface area contributed by atoms with E-state index in [1.54, 1.807) is 0 Å². The molecule has 0 aliphatic heterocycles. The van der Waals surface area contributed by atoms with Crippen LogP contribution in [-0.2, 0) is 4.57 Å². The number of hydrogen-bond acceptors (Lipinski definition) is 2. The second-order valence-electron chi connectivity index (χ2n) is 3.39. The van der Waals surface area contributed by atoms with Crippen LogP contribution in [0.2, 0.25) is 0 Å². The van der Waals surface area contributed by atoms with Crippen molar-refractivity contribution in [2.24, 2.45) is 0 Å². The Labute approximate surface area is 88.8 Å². The van der Waals surface area contributed by atoms with Crippen molar-refractivity contribution in [2.75, 3.05) is 0 Å². The Morgan fingerprint density at radius 1 is 0.867 bits per heavy atom. The SMILES string of the molecule is O=POc1cccc2c1-c1ccccc1-2. The molecular weight excluding hydrogens is 207 g/mol. The third-order valence-electron chi connectivity index (χ3n) is 2.65. The molecule has 0 fully saturated rings. The molecule has 0 aromatic heterocycles. The summed E-state index contributed by atoms with van der Waals surface area (Å²) in [5.74, 6) is 0.683.